The SMILES string of the molecule is CCCC1CCC(CN)(C(O)c2ccc(C)o2)CC1. The molecule has 0 aromatic carbocycles. The second kappa shape index (κ2) is 6.10. The fourth-order valence-corrected chi connectivity index (χ4v) is 3.44. The van der Waals surface area contributed by atoms with E-state index in [0.717, 1.165) is 24.5 Å². The molecule has 1 aromatic rings. The van der Waals surface area contributed by atoms with Gasteiger partial charge in [-0.1, -0.05) is 19.8 Å². The van der Waals surface area contributed by atoms with E-state index in [1.165, 1.54) is 25.7 Å². The zero-order valence-electron chi connectivity index (χ0n) is 12.2. The number of furan rings is 1. The maximum absolute atomic E-state index is 10.7. The molecular weight excluding hydrogens is 238 g/mol. The van der Waals surface area contributed by atoms with Crippen LogP contribution >= 0.6 is 0 Å². The predicted molar refractivity (Wildman–Crippen MR) is 76.8 cm³/mol. The van der Waals surface area contributed by atoms with Gasteiger partial charge in [0, 0.05) is 12.0 Å². The van der Waals surface area contributed by atoms with Crippen LogP contribution in [0.25, 0.3) is 0 Å². The van der Waals surface area contributed by atoms with E-state index in [2.05, 4.69) is 6.92 Å². The topological polar surface area (TPSA) is 59.4 Å². The first-order chi connectivity index (χ1) is 9.11. The van der Waals surface area contributed by atoms with Gasteiger partial charge < -0.3 is 15.3 Å². The number of aliphatic hydroxyl groups excluding tert-OH is 1. The number of hydrogen-bond acceptors (Lipinski definition) is 3. The highest BCUT2D eigenvalue weighted by Crippen LogP contribution is 2.47. The minimum absolute atomic E-state index is 0.186. The highest BCUT2D eigenvalue weighted by Gasteiger charge is 2.42. The van der Waals surface area contributed by atoms with Gasteiger partial charge in [-0.15, -0.1) is 0 Å². The monoisotopic (exact) mass is 265 g/mol. The summed E-state index contributed by atoms with van der Waals surface area (Å²) in [5.74, 6) is 2.34. The molecular formula is C16H27NO2. The Kier molecular flexibility index (Phi) is 4.69. The predicted octanol–water partition coefficient (Wildman–Crippen LogP) is 3.56. The average Bonchev–Trinajstić information content (AvgIpc) is 2.86. The number of aliphatic hydroxyl groups is 1. The van der Waals surface area contributed by atoms with Gasteiger partial charge in [0.05, 0.1) is 0 Å². The molecule has 0 radical (unpaired) electrons. The molecule has 3 N–H and O–H groups in total. The lowest BCUT2D eigenvalue weighted by Gasteiger charge is -2.42. The van der Waals surface area contributed by atoms with Crippen LogP contribution in [0, 0.1) is 18.3 Å². The zero-order valence-corrected chi connectivity index (χ0v) is 12.2. The Bertz CT molecular complexity index is 391. The largest absolute Gasteiger partial charge is 0.464 e. The van der Waals surface area contributed by atoms with Crippen molar-refractivity contribution in [2.45, 2.75) is 58.5 Å². The van der Waals surface area contributed by atoms with Crippen LogP contribution in [0.4, 0.5) is 0 Å². The van der Waals surface area contributed by atoms with Gasteiger partial charge in [0.1, 0.15) is 17.6 Å². The molecule has 1 fully saturated rings. The summed E-state index contributed by atoms with van der Waals surface area (Å²) >= 11 is 0. The second-order valence-electron chi connectivity index (χ2n) is 6.15. The quantitative estimate of drug-likeness (QED) is 0.855. The highest BCUT2D eigenvalue weighted by atomic mass is 16.4. The molecule has 1 heterocycles. The molecule has 0 bridgehead atoms. The van der Waals surface area contributed by atoms with Crippen molar-refractivity contribution in [1.82, 2.24) is 0 Å². The fourth-order valence-electron chi connectivity index (χ4n) is 3.44. The summed E-state index contributed by atoms with van der Waals surface area (Å²) in [6.07, 6.45) is 6.37. The summed E-state index contributed by atoms with van der Waals surface area (Å²) in [6, 6.07) is 3.79. The van der Waals surface area contributed by atoms with Crippen LogP contribution in [0.5, 0.6) is 0 Å². The van der Waals surface area contributed by atoms with Gasteiger partial charge >= 0.3 is 0 Å². The van der Waals surface area contributed by atoms with E-state index >= 15 is 0 Å². The van der Waals surface area contributed by atoms with E-state index in [1.807, 2.05) is 19.1 Å². The van der Waals surface area contributed by atoms with Crippen molar-refractivity contribution in [2.24, 2.45) is 17.1 Å². The highest BCUT2D eigenvalue weighted by molar-refractivity contribution is 5.12. The third kappa shape index (κ3) is 3.03. The molecule has 2 rings (SSSR count). The molecule has 0 saturated heterocycles. The van der Waals surface area contributed by atoms with Crippen LogP contribution in [-0.4, -0.2) is 11.7 Å². The summed E-state index contributed by atoms with van der Waals surface area (Å²) in [5.41, 5.74) is 5.82. The van der Waals surface area contributed by atoms with Gasteiger partial charge in [0.2, 0.25) is 0 Å². The molecule has 3 nitrogen and oxygen atoms in total. The Morgan fingerprint density at radius 1 is 1.42 bits per heavy atom. The van der Waals surface area contributed by atoms with E-state index in [0.29, 0.717) is 12.3 Å². The third-order valence-corrected chi connectivity index (χ3v) is 4.82. The molecule has 0 spiro atoms. The summed E-state index contributed by atoms with van der Waals surface area (Å²) in [7, 11) is 0. The van der Waals surface area contributed by atoms with Gasteiger partial charge in [-0.25, -0.2) is 0 Å². The van der Waals surface area contributed by atoms with Gasteiger partial charge in [-0.3, -0.25) is 0 Å². The first-order valence-electron chi connectivity index (χ1n) is 7.56. The molecule has 0 aliphatic heterocycles. The minimum atomic E-state index is -0.561. The first-order valence-corrected chi connectivity index (χ1v) is 7.56. The molecule has 0 amide bonds. The second-order valence-corrected chi connectivity index (χ2v) is 6.15. The van der Waals surface area contributed by atoms with Crippen LogP contribution in [0.3, 0.4) is 0 Å². The molecule has 108 valence electrons. The Morgan fingerprint density at radius 2 is 2.11 bits per heavy atom. The lowest BCUT2D eigenvalue weighted by Crippen LogP contribution is -2.40. The number of hydrogen-bond donors (Lipinski definition) is 2. The maximum atomic E-state index is 10.7. The van der Waals surface area contributed by atoms with Crippen LogP contribution in [0.15, 0.2) is 16.5 Å². The lowest BCUT2D eigenvalue weighted by atomic mass is 9.66. The normalized spacial score (nSPS) is 29.4. The van der Waals surface area contributed by atoms with E-state index < -0.39 is 6.10 Å². The Morgan fingerprint density at radius 3 is 2.58 bits per heavy atom. The number of nitrogens with two attached hydrogens (primary N) is 1. The van der Waals surface area contributed by atoms with Crippen LogP contribution in [-0.2, 0) is 0 Å². The molecule has 1 atom stereocenters. The van der Waals surface area contributed by atoms with E-state index in [4.69, 9.17) is 10.2 Å². The number of rotatable bonds is 5. The molecule has 1 saturated carbocycles. The van der Waals surface area contributed by atoms with Gasteiger partial charge in [-0.2, -0.15) is 0 Å². The van der Waals surface area contributed by atoms with E-state index in [9.17, 15) is 5.11 Å². The summed E-state index contributed by atoms with van der Waals surface area (Å²) < 4.78 is 5.59. The van der Waals surface area contributed by atoms with Crippen molar-refractivity contribution in [3.05, 3.63) is 23.7 Å². The Labute approximate surface area is 116 Å². The van der Waals surface area contributed by atoms with Crippen LogP contribution < -0.4 is 5.73 Å². The summed E-state index contributed by atoms with van der Waals surface area (Å²) in [6.45, 7) is 4.68. The van der Waals surface area contributed by atoms with Crippen molar-refractivity contribution >= 4 is 0 Å². The van der Waals surface area contributed by atoms with Gasteiger partial charge in [0.15, 0.2) is 0 Å². The first kappa shape index (κ1) is 14.6. The number of aryl methyl sites for hydroxylation is 1. The van der Waals surface area contributed by atoms with Gasteiger partial charge in [0.25, 0.3) is 0 Å². The van der Waals surface area contributed by atoms with Crippen molar-refractivity contribution in [2.75, 3.05) is 6.54 Å². The van der Waals surface area contributed by atoms with E-state index in [-0.39, 0.29) is 5.41 Å². The van der Waals surface area contributed by atoms with Crippen molar-refractivity contribution in [3.63, 3.8) is 0 Å². The van der Waals surface area contributed by atoms with Crippen molar-refractivity contribution in [1.29, 1.82) is 0 Å². The zero-order chi connectivity index (χ0) is 13.9. The van der Waals surface area contributed by atoms with Gasteiger partial charge in [-0.05, 0) is 50.7 Å². The van der Waals surface area contributed by atoms with Crippen molar-refractivity contribution in [3.8, 4) is 0 Å². The Hall–Kier alpha value is -0.800. The Balaban J connectivity index is 2.07. The lowest BCUT2D eigenvalue weighted by molar-refractivity contribution is -0.0237. The summed E-state index contributed by atoms with van der Waals surface area (Å²) in [4.78, 5) is 0. The summed E-state index contributed by atoms with van der Waals surface area (Å²) in [5, 5.41) is 10.7. The van der Waals surface area contributed by atoms with E-state index in [1.54, 1.807) is 0 Å². The standard InChI is InChI=1S/C16H27NO2/c1-3-4-13-7-9-16(11-17,10-8-13)15(18)14-6-5-12(2)19-14/h5-6,13,15,18H,3-4,7-11,17H2,1-2H3. The molecule has 1 aliphatic carbocycles. The molecule has 19 heavy (non-hydrogen) atoms. The minimum Gasteiger partial charge on any atom is -0.464 e. The molecule has 1 unspecified atom stereocenters. The molecule has 1 aliphatic rings. The van der Waals surface area contributed by atoms with Crippen molar-refractivity contribution < 1.29 is 9.52 Å². The smallest absolute Gasteiger partial charge is 0.133 e. The average molecular weight is 265 g/mol. The maximum Gasteiger partial charge on any atom is 0.133 e. The molecule has 1 aromatic heterocycles. The van der Waals surface area contributed by atoms with Crippen LogP contribution in [0.2, 0.25) is 0 Å². The third-order valence-electron chi connectivity index (χ3n) is 4.82. The fraction of sp³-hybridized carbons (Fsp3) is 0.750. The molecule has 3 heteroatoms. The van der Waals surface area contributed by atoms with Crippen LogP contribution in [0.1, 0.15) is 63.1 Å².